The van der Waals surface area contributed by atoms with Gasteiger partial charge >= 0.3 is 11.7 Å². The average molecular weight is 225 g/mol. The molecule has 0 bridgehead atoms. The molecule has 2 rings (SSSR count). The number of H-pyrrole nitrogens is 1. The number of rotatable bonds is 2. The zero-order valence-corrected chi connectivity index (χ0v) is 8.74. The van der Waals surface area contributed by atoms with E-state index in [2.05, 4.69) is 0 Å². The summed E-state index contributed by atoms with van der Waals surface area (Å²) in [6, 6.07) is 0. The summed E-state index contributed by atoms with van der Waals surface area (Å²) in [6.45, 7) is 1.96. The van der Waals surface area contributed by atoms with Gasteiger partial charge in [-0.05, 0) is 19.8 Å². The predicted octanol–water partition coefficient (Wildman–Crippen LogP) is -0.0790. The third-order valence-corrected chi connectivity index (χ3v) is 2.56. The zero-order valence-electron chi connectivity index (χ0n) is 8.74. The smallest absolute Gasteiger partial charge is 0.419 e. The number of nitrogens with one attached hydrogen (secondary N) is 1. The molecule has 0 spiro atoms. The maximum atomic E-state index is 11.5. The molecule has 1 N–H and O–H groups in total. The van der Waals surface area contributed by atoms with E-state index in [1.807, 2.05) is 4.98 Å². The lowest BCUT2D eigenvalue weighted by molar-refractivity contribution is -0.145. The quantitative estimate of drug-likeness (QED) is 0.711. The molecule has 0 aromatic carbocycles. The average Bonchev–Trinajstić information content (AvgIpc) is 2.61. The Morgan fingerprint density at radius 3 is 3.00 bits per heavy atom. The van der Waals surface area contributed by atoms with Gasteiger partial charge in [-0.3, -0.25) is 14.6 Å². The van der Waals surface area contributed by atoms with Crippen LogP contribution < -0.4 is 11.3 Å². The van der Waals surface area contributed by atoms with Gasteiger partial charge in [0.1, 0.15) is 11.7 Å². The van der Waals surface area contributed by atoms with E-state index in [-0.39, 0.29) is 12.4 Å². The summed E-state index contributed by atoms with van der Waals surface area (Å²) in [5.74, 6) is -1.74. The van der Waals surface area contributed by atoms with Crippen LogP contribution in [0.5, 0.6) is 0 Å². The highest BCUT2D eigenvalue weighted by atomic mass is 16.5. The first-order valence-electron chi connectivity index (χ1n) is 5.06. The van der Waals surface area contributed by atoms with Gasteiger partial charge in [0.15, 0.2) is 0 Å². The van der Waals surface area contributed by atoms with Crippen LogP contribution in [0.15, 0.2) is 14.0 Å². The first-order valence-corrected chi connectivity index (χ1v) is 5.06. The van der Waals surface area contributed by atoms with E-state index >= 15 is 0 Å². The Morgan fingerprint density at radius 1 is 1.56 bits per heavy atom. The number of esters is 1. The molecule has 1 aromatic rings. The molecule has 6 heteroatoms. The number of aromatic nitrogens is 1. The number of carbonyl (C=O) groups excluding carboxylic acids is 1. The minimum atomic E-state index is -0.833. The van der Waals surface area contributed by atoms with Gasteiger partial charge in [-0.15, -0.1) is 0 Å². The lowest BCUT2D eigenvalue weighted by Gasteiger charge is -2.07. The fraction of sp³-hybridized carbons (Fsp3) is 0.500. The van der Waals surface area contributed by atoms with E-state index < -0.39 is 23.2 Å². The van der Waals surface area contributed by atoms with Crippen LogP contribution >= 0.6 is 0 Å². The summed E-state index contributed by atoms with van der Waals surface area (Å²) < 4.78 is 9.72. The van der Waals surface area contributed by atoms with Crippen LogP contribution in [-0.4, -0.2) is 17.6 Å². The molecule has 6 nitrogen and oxygen atoms in total. The molecule has 0 fully saturated rings. The molecule has 16 heavy (non-hydrogen) atoms. The zero-order chi connectivity index (χ0) is 11.7. The van der Waals surface area contributed by atoms with Gasteiger partial charge in [-0.2, -0.15) is 0 Å². The van der Waals surface area contributed by atoms with Crippen molar-refractivity contribution in [3.05, 3.63) is 32.2 Å². The topological polar surface area (TPSA) is 89.4 Å². The SMILES string of the molecule is CCOC(=O)C1CCc2c1oc(=O)[nH]c2=O. The van der Waals surface area contributed by atoms with Crippen molar-refractivity contribution < 1.29 is 13.9 Å². The standard InChI is InChI=1S/C10H11NO5/c1-2-15-9(13)6-4-3-5-7(6)16-10(14)11-8(5)12/h6H,2-4H2,1H3,(H,11,12,14). The van der Waals surface area contributed by atoms with Gasteiger partial charge in [-0.1, -0.05) is 0 Å². The first-order chi connectivity index (χ1) is 7.63. The lowest BCUT2D eigenvalue weighted by Crippen LogP contribution is -2.23. The number of hydrogen-bond donors (Lipinski definition) is 1. The van der Waals surface area contributed by atoms with Crippen LogP contribution in [0, 0.1) is 0 Å². The van der Waals surface area contributed by atoms with Crippen molar-refractivity contribution >= 4 is 5.97 Å². The normalized spacial score (nSPS) is 18.2. The molecule has 0 radical (unpaired) electrons. The summed E-state index contributed by atoms with van der Waals surface area (Å²) in [6.07, 6.45) is 0.877. The van der Waals surface area contributed by atoms with E-state index in [9.17, 15) is 14.4 Å². The van der Waals surface area contributed by atoms with Crippen LogP contribution in [0.25, 0.3) is 0 Å². The Kier molecular flexibility index (Phi) is 2.64. The molecular weight excluding hydrogens is 214 g/mol. The Hall–Kier alpha value is -1.85. The first kappa shape index (κ1) is 10.7. The highest BCUT2D eigenvalue weighted by molar-refractivity contribution is 5.78. The summed E-state index contributed by atoms with van der Waals surface area (Å²) in [5, 5.41) is 0. The van der Waals surface area contributed by atoms with E-state index in [0.29, 0.717) is 18.4 Å². The number of ether oxygens (including phenoxy) is 1. The van der Waals surface area contributed by atoms with Gasteiger partial charge in [0.25, 0.3) is 5.56 Å². The van der Waals surface area contributed by atoms with Gasteiger partial charge in [0.05, 0.1) is 12.2 Å². The van der Waals surface area contributed by atoms with Crippen LogP contribution in [0.1, 0.15) is 30.6 Å². The Bertz CT molecular complexity index is 527. The van der Waals surface area contributed by atoms with Crippen LogP contribution in [0.4, 0.5) is 0 Å². The van der Waals surface area contributed by atoms with Crippen molar-refractivity contribution in [3.63, 3.8) is 0 Å². The van der Waals surface area contributed by atoms with Crippen LogP contribution in [0.3, 0.4) is 0 Å². The van der Waals surface area contributed by atoms with Gasteiger partial charge in [0.2, 0.25) is 0 Å². The molecule has 1 aliphatic carbocycles. The van der Waals surface area contributed by atoms with Crippen molar-refractivity contribution in [1.29, 1.82) is 0 Å². The fourth-order valence-corrected chi connectivity index (χ4v) is 1.87. The Labute approximate surface area is 90.2 Å². The molecule has 1 aliphatic rings. The van der Waals surface area contributed by atoms with Crippen molar-refractivity contribution in [2.75, 3.05) is 6.61 Å². The molecule has 1 heterocycles. The molecule has 1 aromatic heterocycles. The lowest BCUT2D eigenvalue weighted by atomic mass is 10.1. The van der Waals surface area contributed by atoms with Crippen LogP contribution in [0.2, 0.25) is 0 Å². The molecule has 0 aliphatic heterocycles. The number of aromatic amines is 1. The van der Waals surface area contributed by atoms with E-state index in [0.717, 1.165) is 0 Å². The third-order valence-electron chi connectivity index (χ3n) is 2.56. The van der Waals surface area contributed by atoms with E-state index in [1.165, 1.54) is 0 Å². The van der Waals surface area contributed by atoms with E-state index in [4.69, 9.17) is 9.15 Å². The van der Waals surface area contributed by atoms with Gasteiger partial charge in [0, 0.05) is 0 Å². The van der Waals surface area contributed by atoms with Crippen molar-refractivity contribution in [2.24, 2.45) is 0 Å². The second-order valence-corrected chi connectivity index (χ2v) is 3.53. The minimum Gasteiger partial charge on any atom is -0.465 e. The summed E-state index contributed by atoms with van der Waals surface area (Å²) >= 11 is 0. The molecule has 1 atom stereocenters. The second kappa shape index (κ2) is 3.96. The number of hydrogen-bond acceptors (Lipinski definition) is 5. The highest BCUT2D eigenvalue weighted by Crippen LogP contribution is 2.30. The molecular formula is C10H11NO5. The number of fused-ring (bicyclic) bond motifs is 1. The maximum Gasteiger partial charge on any atom is 0.419 e. The summed E-state index contributed by atoms with van der Waals surface area (Å²) in [7, 11) is 0. The monoisotopic (exact) mass is 225 g/mol. The third kappa shape index (κ3) is 1.66. The summed E-state index contributed by atoms with van der Waals surface area (Å²) in [4.78, 5) is 36.0. The van der Waals surface area contributed by atoms with Gasteiger partial charge in [-0.25, -0.2) is 4.79 Å². The summed E-state index contributed by atoms with van der Waals surface area (Å²) in [5.41, 5.74) is -0.101. The van der Waals surface area contributed by atoms with Crippen LogP contribution in [-0.2, 0) is 16.0 Å². The van der Waals surface area contributed by atoms with Crippen molar-refractivity contribution in [2.45, 2.75) is 25.7 Å². The maximum absolute atomic E-state index is 11.5. The molecule has 0 amide bonds. The highest BCUT2D eigenvalue weighted by Gasteiger charge is 2.34. The van der Waals surface area contributed by atoms with Gasteiger partial charge < -0.3 is 9.15 Å². The number of carbonyl (C=O) groups is 1. The second-order valence-electron chi connectivity index (χ2n) is 3.53. The van der Waals surface area contributed by atoms with E-state index in [1.54, 1.807) is 6.92 Å². The fourth-order valence-electron chi connectivity index (χ4n) is 1.87. The van der Waals surface area contributed by atoms with Crippen molar-refractivity contribution in [3.8, 4) is 0 Å². The van der Waals surface area contributed by atoms with Crippen molar-refractivity contribution in [1.82, 2.24) is 4.98 Å². The Balaban J connectivity index is 2.43. The minimum absolute atomic E-state index is 0.159. The predicted molar refractivity (Wildman–Crippen MR) is 53.3 cm³/mol. The molecule has 1 unspecified atom stereocenters. The molecule has 0 saturated carbocycles. The largest absolute Gasteiger partial charge is 0.465 e. The Morgan fingerprint density at radius 2 is 2.31 bits per heavy atom. The molecule has 0 saturated heterocycles. The molecule has 86 valence electrons.